The van der Waals surface area contributed by atoms with Crippen LogP contribution in [0.15, 0.2) is 53.7 Å². The van der Waals surface area contributed by atoms with Crippen LogP contribution in [0.4, 0.5) is 10.1 Å². The van der Waals surface area contributed by atoms with Gasteiger partial charge in [-0.25, -0.2) is 4.39 Å². The molecule has 3 aromatic rings. The van der Waals surface area contributed by atoms with Crippen LogP contribution < -0.4 is 15.4 Å². The zero-order valence-electron chi connectivity index (χ0n) is 18.7. The van der Waals surface area contributed by atoms with E-state index in [2.05, 4.69) is 20.8 Å². The Morgan fingerprint density at radius 1 is 1.12 bits per heavy atom. The van der Waals surface area contributed by atoms with Crippen molar-refractivity contribution in [1.82, 2.24) is 20.1 Å². The molecule has 0 radical (unpaired) electrons. The van der Waals surface area contributed by atoms with Crippen LogP contribution in [-0.4, -0.2) is 38.9 Å². The van der Waals surface area contributed by atoms with E-state index in [1.54, 1.807) is 25.1 Å². The Morgan fingerprint density at radius 3 is 2.58 bits per heavy atom. The van der Waals surface area contributed by atoms with Gasteiger partial charge in [0.15, 0.2) is 11.0 Å². The standard InChI is InChI=1S/C23H26FN5O3S/c1-4-29-21(15(3)25-22(31)16-10-6-7-11-17(16)24)27-28-23(29)33-14-20(30)26-18-12-8-9-13-19(18)32-5-2/h6-13,15H,4-5,14H2,1-3H3,(H,25,31)(H,26,30). The van der Waals surface area contributed by atoms with Crippen molar-refractivity contribution in [2.75, 3.05) is 17.7 Å². The van der Waals surface area contributed by atoms with E-state index in [0.717, 1.165) is 0 Å². The lowest BCUT2D eigenvalue weighted by Crippen LogP contribution is -2.29. The van der Waals surface area contributed by atoms with Crippen molar-refractivity contribution < 1.29 is 18.7 Å². The molecule has 2 amide bonds. The van der Waals surface area contributed by atoms with Crippen molar-refractivity contribution in [3.8, 4) is 5.75 Å². The number of hydrogen-bond acceptors (Lipinski definition) is 6. The summed E-state index contributed by atoms with van der Waals surface area (Å²) in [5.41, 5.74) is 0.567. The Kier molecular flexibility index (Phi) is 8.42. The van der Waals surface area contributed by atoms with Gasteiger partial charge in [0.2, 0.25) is 5.91 Å². The molecule has 0 aliphatic carbocycles. The lowest BCUT2D eigenvalue weighted by atomic mass is 10.2. The van der Waals surface area contributed by atoms with E-state index in [1.807, 2.05) is 30.5 Å². The minimum atomic E-state index is -0.590. The minimum absolute atomic E-state index is 0.0366. The van der Waals surface area contributed by atoms with Gasteiger partial charge in [-0.1, -0.05) is 36.0 Å². The summed E-state index contributed by atoms with van der Waals surface area (Å²) in [5, 5.41) is 14.5. The maximum atomic E-state index is 13.9. The number of anilines is 1. The molecule has 1 unspecified atom stereocenters. The van der Waals surface area contributed by atoms with E-state index < -0.39 is 17.8 Å². The Bertz CT molecular complexity index is 1120. The molecule has 33 heavy (non-hydrogen) atoms. The highest BCUT2D eigenvalue weighted by atomic mass is 32.2. The number of nitrogens with zero attached hydrogens (tertiary/aromatic N) is 3. The second-order valence-electron chi connectivity index (χ2n) is 7.03. The van der Waals surface area contributed by atoms with Crippen molar-refractivity contribution in [1.29, 1.82) is 0 Å². The molecule has 1 heterocycles. The van der Waals surface area contributed by atoms with Crippen LogP contribution in [-0.2, 0) is 11.3 Å². The SMILES string of the molecule is CCOc1ccccc1NC(=O)CSc1nnc(C(C)NC(=O)c2ccccc2F)n1CC. The number of benzene rings is 2. The van der Waals surface area contributed by atoms with Gasteiger partial charge in [0.25, 0.3) is 5.91 Å². The maximum absolute atomic E-state index is 13.9. The summed E-state index contributed by atoms with van der Waals surface area (Å²) in [6.45, 7) is 6.58. The van der Waals surface area contributed by atoms with Crippen LogP contribution in [0.2, 0.25) is 0 Å². The number of carbonyl (C=O) groups is 2. The summed E-state index contributed by atoms with van der Waals surface area (Å²) in [4.78, 5) is 24.9. The van der Waals surface area contributed by atoms with Gasteiger partial charge in [-0.2, -0.15) is 0 Å². The molecule has 0 fully saturated rings. The molecule has 2 aromatic carbocycles. The highest BCUT2D eigenvalue weighted by molar-refractivity contribution is 7.99. The summed E-state index contributed by atoms with van der Waals surface area (Å²) >= 11 is 1.24. The first-order chi connectivity index (χ1) is 15.9. The normalized spacial score (nSPS) is 11.6. The molecular formula is C23H26FN5O3S. The summed E-state index contributed by atoms with van der Waals surface area (Å²) < 4.78 is 21.2. The van der Waals surface area contributed by atoms with Crippen LogP contribution >= 0.6 is 11.8 Å². The number of hydrogen-bond donors (Lipinski definition) is 2. The molecule has 0 spiro atoms. The largest absolute Gasteiger partial charge is 0.492 e. The molecule has 1 aromatic heterocycles. The average Bonchev–Trinajstić information content (AvgIpc) is 3.22. The minimum Gasteiger partial charge on any atom is -0.492 e. The average molecular weight is 472 g/mol. The number of halogens is 1. The fourth-order valence-corrected chi connectivity index (χ4v) is 3.99. The van der Waals surface area contributed by atoms with Gasteiger partial charge in [0, 0.05) is 6.54 Å². The van der Waals surface area contributed by atoms with E-state index in [1.165, 1.54) is 30.0 Å². The fraction of sp³-hybridized carbons (Fsp3) is 0.304. The molecular weight excluding hydrogens is 445 g/mol. The van der Waals surface area contributed by atoms with Gasteiger partial charge in [0.1, 0.15) is 11.6 Å². The number of aromatic nitrogens is 3. The Morgan fingerprint density at radius 2 is 1.85 bits per heavy atom. The monoisotopic (exact) mass is 471 g/mol. The molecule has 0 saturated heterocycles. The fourth-order valence-electron chi connectivity index (χ4n) is 3.18. The van der Waals surface area contributed by atoms with Crippen LogP contribution in [0.5, 0.6) is 5.75 Å². The molecule has 3 rings (SSSR count). The number of para-hydroxylation sites is 2. The van der Waals surface area contributed by atoms with Crippen LogP contribution in [0.1, 0.15) is 43.0 Å². The van der Waals surface area contributed by atoms with Crippen LogP contribution in [0.3, 0.4) is 0 Å². The van der Waals surface area contributed by atoms with Gasteiger partial charge in [-0.15, -0.1) is 10.2 Å². The third kappa shape index (κ3) is 6.10. The van der Waals surface area contributed by atoms with Gasteiger partial charge in [-0.05, 0) is 45.0 Å². The summed E-state index contributed by atoms with van der Waals surface area (Å²) in [5.74, 6) is -0.0851. The van der Waals surface area contributed by atoms with E-state index >= 15 is 0 Å². The molecule has 8 nitrogen and oxygen atoms in total. The number of thioether (sulfide) groups is 1. The predicted octanol–water partition coefficient (Wildman–Crippen LogP) is 4.06. The van der Waals surface area contributed by atoms with E-state index in [0.29, 0.717) is 35.6 Å². The molecule has 0 aliphatic rings. The summed E-state index contributed by atoms with van der Waals surface area (Å²) in [6.07, 6.45) is 0. The number of ether oxygens (including phenoxy) is 1. The predicted molar refractivity (Wildman–Crippen MR) is 125 cm³/mol. The third-order valence-electron chi connectivity index (χ3n) is 4.71. The van der Waals surface area contributed by atoms with Gasteiger partial charge in [-0.3, -0.25) is 9.59 Å². The first-order valence-electron chi connectivity index (χ1n) is 10.6. The first-order valence-corrected chi connectivity index (χ1v) is 11.6. The van der Waals surface area contributed by atoms with Crippen LogP contribution in [0.25, 0.3) is 0 Å². The molecule has 0 bridgehead atoms. The number of carbonyl (C=O) groups excluding carboxylic acids is 2. The Balaban J connectivity index is 1.64. The van der Waals surface area contributed by atoms with Crippen molar-refractivity contribution >= 4 is 29.3 Å². The maximum Gasteiger partial charge on any atom is 0.254 e. The zero-order chi connectivity index (χ0) is 23.8. The molecule has 10 heteroatoms. The quantitative estimate of drug-likeness (QED) is 0.433. The van der Waals surface area contributed by atoms with Crippen molar-refractivity contribution in [3.05, 3.63) is 65.7 Å². The molecule has 1 atom stereocenters. The van der Waals surface area contributed by atoms with Crippen molar-refractivity contribution in [3.63, 3.8) is 0 Å². The zero-order valence-corrected chi connectivity index (χ0v) is 19.5. The van der Waals surface area contributed by atoms with E-state index in [-0.39, 0.29) is 17.2 Å². The smallest absolute Gasteiger partial charge is 0.254 e. The number of nitrogens with one attached hydrogen (secondary N) is 2. The van der Waals surface area contributed by atoms with Crippen LogP contribution in [0, 0.1) is 5.82 Å². The van der Waals surface area contributed by atoms with Crippen molar-refractivity contribution in [2.45, 2.75) is 38.5 Å². The summed E-state index contributed by atoms with van der Waals surface area (Å²) in [6, 6.07) is 12.5. The topological polar surface area (TPSA) is 98.1 Å². The lowest BCUT2D eigenvalue weighted by Gasteiger charge is -2.15. The Labute approximate surface area is 195 Å². The number of amides is 2. The lowest BCUT2D eigenvalue weighted by molar-refractivity contribution is -0.113. The Hall–Kier alpha value is -3.40. The highest BCUT2D eigenvalue weighted by Gasteiger charge is 2.21. The highest BCUT2D eigenvalue weighted by Crippen LogP contribution is 2.25. The second-order valence-corrected chi connectivity index (χ2v) is 7.97. The second kappa shape index (κ2) is 11.5. The number of rotatable bonds is 10. The van der Waals surface area contributed by atoms with Gasteiger partial charge in [0.05, 0.1) is 29.7 Å². The van der Waals surface area contributed by atoms with Gasteiger partial charge < -0.3 is 19.9 Å². The molecule has 0 aliphatic heterocycles. The molecule has 174 valence electrons. The summed E-state index contributed by atoms with van der Waals surface area (Å²) in [7, 11) is 0. The third-order valence-corrected chi connectivity index (χ3v) is 5.68. The van der Waals surface area contributed by atoms with E-state index in [9.17, 15) is 14.0 Å². The van der Waals surface area contributed by atoms with E-state index in [4.69, 9.17) is 4.74 Å². The molecule has 2 N–H and O–H groups in total. The molecule has 0 saturated carbocycles. The van der Waals surface area contributed by atoms with Gasteiger partial charge >= 0.3 is 0 Å². The van der Waals surface area contributed by atoms with Crippen molar-refractivity contribution in [2.24, 2.45) is 0 Å². The first kappa shape index (κ1) is 24.2.